The third-order valence-electron chi connectivity index (χ3n) is 2.17. The molecule has 0 fully saturated rings. The van der Waals surface area contributed by atoms with Gasteiger partial charge >= 0.3 is 0 Å². The maximum atomic E-state index is 6.09. The largest absolute Gasteiger partial charge is 0.327 e. The van der Waals surface area contributed by atoms with Crippen molar-refractivity contribution in [2.45, 2.75) is 44.9 Å². The lowest BCUT2D eigenvalue weighted by molar-refractivity contribution is 0.756. The van der Waals surface area contributed by atoms with Gasteiger partial charge in [0.15, 0.2) is 0 Å². The molecule has 1 heterocycles. The van der Waals surface area contributed by atoms with Gasteiger partial charge in [-0.15, -0.1) is 11.3 Å². The standard InChI is InChI=1S/C12H21NS2/c1-4-11-5-6-12(15-11)7-10(13)8-14-9(2)3/h5-6,9-10H,4,7-8,13H2,1-3H3. The number of aryl methyl sites for hydroxylation is 1. The van der Waals surface area contributed by atoms with Crippen molar-refractivity contribution in [1.29, 1.82) is 0 Å². The van der Waals surface area contributed by atoms with E-state index in [-0.39, 0.29) is 0 Å². The van der Waals surface area contributed by atoms with Crippen LogP contribution in [0.15, 0.2) is 12.1 Å². The molecule has 1 unspecified atom stereocenters. The zero-order valence-corrected chi connectivity index (χ0v) is 11.5. The molecule has 1 aromatic rings. The first-order valence-electron chi connectivity index (χ1n) is 5.56. The Balaban J connectivity index is 2.33. The summed E-state index contributed by atoms with van der Waals surface area (Å²) < 4.78 is 0. The Kier molecular flexibility index (Phi) is 5.72. The van der Waals surface area contributed by atoms with Crippen LogP contribution in [0.4, 0.5) is 0 Å². The van der Waals surface area contributed by atoms with Crippen LogP contribution in [0.2, 0.25) is 0 Å². The van der Waals surface area contributed by atoms with Crippen LogP contribution in [0.5, 0.6) is 0 Å². The lowest BCUT2D eigenvalue weighted by Crippen LogP contribution is -2.25. The van der Waals surface area contributed by atoms with Crippen LogP contribution in [-0.2, 0) is 12.8 Å². The van der Waals surface area contributed by atoms with E-state index in [4.69, 9.17) is 5.73 Å². The molecule has 0 saturated carbocycles. The molecule has 15 heavy (non-hydrogen) atoms. The molecule has 0 spiro atoms. The molecule has 2 N–H and O–H groups in total. The van der Waals surface area contributed by atoms with Gasteiger partial charge in [-0.1, -0.05) is 20.8 Å². The van der Waals surface area contributed by atoms with Crippen LogP contribution in [-0.4, -0.2) is 17.0 Å². The Morgan fingerprint density at radius 1 is 1.33 bits per heavy atom. The van der Waals surface area contributed by atoms with Gasteiger partial charge in [-0.2, -0.15) is 11.8 Å². The van der Waals surface area contributed by atoms with Crippen molar-refractivity contribution >= 4 is 23.1 Å². The van der Waals surface area contributed by atoms with Gasteiger partial charge in [0.25, 0.3) is 0 Å². The highest BCUT2D eigenvalue weighted by Crippen LogP contribution is 2.19. The average molecular weight is 243 g/mol. The van der Waals surface area contributed by atoms with Gasteiger partial charge in [0.05, 0.1) is 0 Å². The third-order valence-corrected chi connectivity index (χ3v) is 4.71. The Bertz CT molecular complexity index is 281. The van der Waals surface area contributed by atoms with Crippen molar-refractivity contribution in [3.8, 4) is 0 Å². The summed E-state index contributed by atoms with van der Waals surface area (Å²) >= 11 is 3.86. The molecule has 86 valence electrons. The van der Waals surface area contributed by atoms with Gasteiger partial charge in [0, 0.05) is 21.5 Å². The fraction of sp³-hybridized carbons (Fsp3) is 0.667. The maximum Gasteiger partial charge on any atom is 0.0179 e. The molecule has 0 aromatic carbocycles. The molecule has 1 rings (SSSR count). The fourth-order valence-electron chi connectivity index (χ4n) is 1.36. The Labute approximate surface area is 101 Å². The highest BCUT2D eigenvalue weighted by atomic mass is 32.2. The van der Waals surface area contributed by atoms with Crippen LogP contribution in [0.25, 0.3) is 0 Å². The second kappa shape index (κ2) is 6.56. The molecule has 1 atom stereocenters. The molecule has 0 aliphatic carbocycles. The number of nitrogens with two attached hydrogens (primary N) is 1. The predicted octanol–water partition coefficient (Wildman–Crippen LogP) is 3.32. The molecule has 1 nitrogen and oxygen atoms in total. The van der Waals surface area contributed by atoms with Gasteiger partial charge < -0.3 is 5.73 Å². The number of thiophene rings is 1. The summed E-state index contributed by atoms with van der Waals surface area (Å²) in [6.07, 6.45) is 2.17. The predicted molar refractivity (Wildman–Crippen MR) is 73.0 cm³/mol. The van der Waals surface area contributed by atoms with Crippen LogP contribution >= 0.6 is 23.1 Å². The summed E-state index contributed by atoms with van der Waals surface area (Å²) in [4.78, 5) is 2.90. The molecule has 0 saturated heterocycles. The van der Waals surface area contributed by atoms with E-state index < -0.39 is 0 Å². The summed E-state index contributed by atoms with van der Waals surface area (Å²) in [5.41, 5.74) is 6.09. The van der Waals surface area contributed by atoms with E-state index >= 15 is 0 Å². The SMILES string of the molecule is CCc1ccc(CC(N)CSC(C)C)s1. The number of rotatable bonds is 6. The molecule has 3 heteroatoms. The van der Waals surface area contributed by atoms with Gasteiger partial charge in [-0.3, -0.25) is 0 Å². The first-order valence-corrected chi connectivity index (χ1v) is 7.43. The van der Waals surface area contributed by atoms with Crippen molar-refractivity contribution < 1.29 is 0 Å². The van der Waals surface area contributed by atoms with Crippen LogP contribution in [0.1, 0.15) is 30.5 Å². The van der Waals surface area contributed by atoms with Crippen molar-refractivity contribution in [2.24, 2.45) is 5.73 Å². The molecule has 0 aliphatic heterocycles. The van der Waals surface area contributed by atoms with Crippen molar-refractivity contribution in [3.05, 3.63) is 21.9 Å². The maximum absolute atomic E-state index is 6.09. The molecule has 0 amide bonds. The van der Waals surface area contributed by atoms with E-state index in [1.54, 1.807) is 0 Å². The van der Waals surface area contributed by atoms with Crippen molar-refractivity contribution in [1.82, 2.24) is 0 Å². The molecule has 1 aromatic heterocycles. The quantitative estimate of drug-likeness (QED) is 0.829. The van der Waals surface area contributed by atoms with Gasteiger partial charge in [-0.25, -0.2) is 0 Å². The first-order chi connectivity index (χ1) is 7.11. The highest BCUT2D eigenvalue weighted by Gasteiger charge is 2.07. The number of hydrogen-bond acceptors (Lipinski definition) is 3. The van der Waals surface area contributed by atoms with E-state index in [0.717, 1.165) is 18.6 Å². The minimum absolute atomic E-state index is 0.306. The van der Waals surface area contributed by atoms with Gasteiger partial charge in [0.1, 0.15) is 0 Å². The average Bonchev–Trinajstić information content (AvgIpc) is 2.62. The normalized spacial score (nSPS) is 13.4. The van der Waals surface area contributed by atoms with E-state index in [1.807, 2.05) is 23.1 Å². The van der Waals surface area contributed by atoms with E-state index in [2.05, 4.69) is 32.9 Å². The molecular weight excluding hydrogens is 222 g/mol. The minimum atomic E-state index is 0.306. The smallest absolute Gasteiger partial charge is 0.0179 e. The van der Waals surface area contributed by atoms with Gasteiger partial charge in [0.2, 0.25) is 0 Å². The summed E-state index contributed by atoms with van der Waals surface area (Å²) in [6.45, 7) is 6.64. The Morgan fingerprint density at radius 2 is 2.00 bits per heavy atom. The topological polar surface area (TPSA) is 26.0 Å². The summed E-state index contributed by atoms with van der Waals surface area (Å²) in [7, 11) is 0. The minimum Gasteiger partial charge on any atom is -0.327 e. The molecular formula is C12H21NS2. The lowest BCUT2D eigenvalue weighted by atomic mass is 10.2. The highest BCUT2D eigenvalue weighted by molar-refractivity contribution is 7.99. The Hall–Kier alpha value is 0.01000. The lowest BCUT2D eigenvalue weighted by Gasteiger charge is -2.11. The van der Waals surface area contributed by atoms with Crippen LogP contribution in [0.3, 0.4) is 0 Å². The van der Waals surface area contributed by atoms with Crippen molar-refractivity contribution in [3.63, 3.8) is 0 Å². The monoisotopic (exact) mass is 243 g/mol. The summed E-state index contributed by atoms with van der Waals surface area (Å²) in [5, 5.41) is 0.686. The zero-order chi connectivity index (χ0) is 11.3. The van der Waals surface area contributed by atoms with Gasteiger partial charge in [-0.05, 0) is 30.2 Å². The Morgan fingerprint density at radius 3 is 2.53 bits per heavy atom. The second-order valence-electron chi connectivity index (χ2n) is 4.07. The molecule has 0 aliphatic rings. The summed E-state index contributed by atoms with van der Waals surface area (Å²) in [6, 6.07) is 4.76. The second-order valence-corrected chi connectivity index (χ2v) is 6.93. The van der Waals surface area contributed by atoms with Crippen LogP contribution in [0, 0.1) is 0 Å². The molecule has 0 bridgehead atoms. The first kappa shape index (κ1) is 13.1. The fourth-order valence-corrected chi connectivity index (χ4v) is 3.16. The summed E-state index contributed by atoms with van der Waals surface area (Å²) in [5.74, 6) is 1.07. The van der Waals surface area contributed by atoms with E-state index in [9.17, 15) is 0 Å². The number of hydrogen-bond donors (Lipinski definition) is 1. The third kappa shape index (κ3) is 5.05. The van der Waals surface area contributed by atoms with Crippen molar-refractivity contribution in [2.75, 3.05) is 5.75 Å². The zero-order valence-electron chi connectivity index (χ0n) is 9.82. The van der Waals surface area contributed by atoms with E-state index in [0.29, 0.717) is 11.3 Å². The van der Waals surface area contributed by atoms with E-state index in [1.165, 1.54) is 9.75 Å². The van der Waals surface area contributed by atoms with Crippen LogP contribution < -0.4 is 5.73 Å². The number of thioether (sulfide) groups is 1. The molecule has 0 radical (unpaired) electrons.